The van der Waals surface area contributed by atoms with Gasteiger partial charge < -0.3 is 13.9 Å². The fourth-order valence-electron chi connectivity index (χ4n) is 2.36. The molecule has 0 amide bonds. The Morgan fingerprint density at radius 3 is 2.73 bits per heavy atom. The summed E-state index contributed by atoms with van der Waals surface area (Å²) in [4.78, 5) is 0. The van der Waals surface area contributed by atoms with Crippen LogP contribution in [0.15, 0.2) is 22.8 Å². The fourth-order valence-corrected chi connectivity index (χ4v) is 3.76. The van der Waals surface area contributed by atoms with E-state index in [-0.39, 0.29) is 12.2 Å². The minimum atomic E-state index is -3.45. The van der Waals surface area contributed by atoms with Crippen molar-refractivity contribution >= 4 is 10.2 Å². The van der Waals surface area contributed by atoms with E-state index in [1.807, 2.05) is 19.9 Å². The summed E-state index contributed by atoms with van der Waals surface area (Å²) in [6.45, 7) is 5.74. The first-order chi connectivity index (χ1) is 10.5. The van der Waals surface area contributed by atoms with Crippen molar-refractivity contribution in [2.45, 2.75) is 39.1 Å². The molecule has 1 aromatic rings. The van der Waals surface area contributed by atoms with E-state index in [2.05, 4.69) is 4.72 Å². The van der Waals surface area contributed by atoms with Crippen LogP contribution in [0.5, 0.6) is 0 Å². The van der Waals surface area contributed by atoms with Crippen LogP contribution in [0.2, 0.25) is 0 Å². The zero-order valence-electron chi connectivity index (χ0n) is 13.0. The largest absolute Gasteiger partial charge is 0.467 e. The maximum atomic E-state index is 12.2. The minimum Gasteiger partial charge on any atom is -0.467 e. The number of hydrogen-bond acceptors (Lipinski definition) is 5. The number of rotatable bonds is 8. The summed E-state index contributed by atoms with van der Waals surface area (Å²) in [7, 11) is -3.45. The molecule has 1 aliphatic heterocycles. The molecule has 0 bridgehead atoms. The van der Waals surface area contributed by atoms with E-state index in [1.54, 1.807) is 12.3 Å². The highest BCUT2D eigenvalue weighted by molar-refractivity contribution is 7.87. The maximum absolute atomic E-state index is 12.2. The lowest BCUT2D eigenvalue weighted by Crippen LogP contribution is -2.52. The second kappa shape index (κ2) is 8.07. The van der Waals surface area contributed by atoms with Crippen LogP contribution in [0.3, 0.4) is 0 Å². The first-order valence-electron chi connectivity index (χ1n) is 7.47. The average molecular weight is 332 g/mol. The third kappa shape index (κ3) is 5.36. The number of nitrogens with zero attached hydrogens (tertiary/aromatic N) is 1. The predicted molar refractivity (Wildman–Crippen MR) is 81.5 cm³/mol. The molecule has 0 unspecified atom stereocenters. The Bertz CT molecular complexity index is 521. The van der Waals surface area contributed by atoms with Gasteiger partial charge in [-0.05, 0) is 32.4 Å². The molecule has 1 fully saturated rings. The third-order valence-electron chi connectivity index (χ3n) is 3.30. The molecule has 1 aromatic heterocycles. The predicted octanol–water partition coefficient (Wildman–Crippen LogP) is 1.13. The lowest BCUT2D eigenvalue weighted by molar-refractivity contribution is -0.0444. The van der Waals surface area contributed by atoms with E-state index < -0.39 is 10.2 Å². The van der Waals surface area contributed by atoms with Gasteiger partial charge in [0.2, 0.25) is 0 Å². The van der Waals surface area contributed by atoms with Crippen LogP contribution in [-0.4, -0.2) is 51.2 Å². The lowest BCUT2D eigenvalue weighted by Gasteiger charge is -2.34. The molecule has 7 nitrogen and oxygen atoms in total. The van der Waals surface area contributed by atoms with E-state index in [0.717, 1.165) is 5.76 Å². The molecule has 2 atom stereocenters. The van der Waals surface area contributed by atoms with Crippen LogP contribution in [-0.2, 0) is 26.3 Å². The van der Waals surface area contributed by atoms with Crippen LogP contribution < -0.4 is 4.72 Å². The summed E-state index contributed by atoms with van der Waals surface area (Å²) < 4.78 is 44.5. The topological polar surface area (TPSA) is 81.0 Å². The minimum absolute atomic E-state index is 0.0862. The van der Waals surface area contributed by atoms with Gasteiger partial charge >= 0.3 is 0 Å². The summed E-state index contributed by atoms with van der Waals surface area (Å²) in [5.41, 5.74) is 0. The number of furan rings is 1. The van der Waals surface area contributed by atoms with Gasteiger partial charge in [0, 0.05) is 26.2 Å². The molecule has 1 N–H and O–H groups in total. The van der Waals surface area contributed by atoms with Crippen molar-refractivity contribution in [3.63, 3.8) is 0 Å². The molecule has 2 rings (SSSR count). The molecule has 0 radical (unpaired) electrons. The molecular weight excluding hydrogens is 308 g/mol. The smallest absolute Gasteiger partial charge is 0.279 e. The monoisotopic (exact) mass is 332 g/mol. The fraction of sp³-hybridized carbons (Fsp3) is 0.714. The molecule has 1 aliphatic rings. The standard InChI is InChI=1S/C14H24N2O5S/c1-12-9-16(10-13(2)21-12)22(17,18)15-6-4-7-19-11-14-5-3-8-20-14/h3,5,8,12-13,15H,4,6-7,9-11H2,1-2H3/t12-,13-/m0/s1. The van der Waals surface area contributed by atoms with Gasteiger partial charge in [0.1, 0.15) is 12.4 Å². The van der Waals surface area contributed by atoms with Crippen molar-refractivity contribution in [3.8, 4) is 0 Å². The zero-order valence-corrected chi connectivity index (χ0v) is 13.8. The van der Waals surface area contributed by atoms with Gasteiger partial charge in [0.15, 0.2) is 0 Å². The molecule has 1 saturated heterocycles. The molecule has 0 spiro atoms. The van der Waals surface area contributed by atoms with Crippen LogP contribution in [0.1, 0.15) is 26.0 Å². The zero-order chi connectivity index (χ0) is 16.0. The summed E-state index contributed by atoms with van der Waals surface area (Å²) in [6, 6.07) is 3.64. The van der Waals surface area contributed by atoms with Crippen molar-refractivity contribution in [3.05, 3.63) is 24.2 Å². The lowest BCUT2D eigenvalue weighted by atomic mass is 10.3. The first-order valence-corrected chi connectivity index (χ1v) is 8.91. The Morgan fingerprint density at radius 2 is 2.09 bits per heavy atom. The number of hydrogen-bond donors (Lipinski definition) is 1. The van der Waals surface area contributed by atoms with Crippen LogP contribution in [0, 0.1) is 0 Å². The van der Waals surface area contributed by atoms with Crippen LogP contribution in [0.4, 0.5) is 0 Å². The van der Waals surface area contributed by atoms with Gasteiger partial charge in [-0.15, -0.1) is 0 Å². The van der Waals surface area contributed by atoms with Crippen LogP contribution >= 0.6 is 0 Å². The molecule has 2 heterocycles. The van der Waals surface area contributed by atoms with E-state index in [1.165, 1.54) is 4.31 Å². The summed E-state index contributed by atoms with van der Waals surface area (Å²) in [5.74, 6) is 0.761. The summed E-state index contributed by atoms with van der Waals surface area (Å²) in [6.07, 6.45) is 2.03. The number of ether oxygens (including phenoxy) is 2. The SMILES string of the molecule is C[C@H]1CN(S(=O)(=O)NCCCOCc2ccco2)C[C@H](C)O1. The Balaban J connectivity index is 1.64. The van der Waals surface area contributed by atoms with E-state index in [9.17, 15) is 8.42 Å². The number of morpholine rings is 1. The molecule has 126 valence electrons. The van der Waals surface area contributed by atoms with Crippen molar-refractivity contribution in [2.24, 2.45) is 0 Å². The highest BCUT2D eigenvalue weighted by Crippen LogP contribution is 2.13. The van der Waals surface area contributed by atoms with Gasteiger partial charge in [-0.2, -0.15) is 12.7 Å². The quantitative estimate of drug-likeness (QED) is 0.722. The molecule has 0 aromatic carbocycles. The Morgan fingerprint density at radius 1 is 1.36 bits per heavy atom. The van der Waals surface area contributed by atoms with Crippen molar-refractivity contribution in [1.29, 1.82) is 0 Å². The van der Waals surface area contributed by atoms with Crippen molar-refractivity contribution in [2.75, 3.05) is 26.2 Å². The third-order valence-corrected chi connectivity index (χ3v) is 4.85. The van der Waals surface area contributed by atoms with Gasteiger partial charge in [0.25, 0.3) is 10.2 Å². The van der Waals surface area contributed by atoms with E-state index in [4.69, 9.17) is 13.9 Å². The summed E-state index contributed by atoms with van der Waals surface area (Å²) in [5, 5.41) is 0. The molecule has 22 heavy (non-hydrogen) atoms. The van der Waals surface area contributed by atoms with E-state index >= 15 is 0 Å². The Hall–Kier alpha value is -0.930. The van der Waals surface area contributed by atoms with Gasteiger partial charge in [0.05, 0.1) is 18.5 Å². The van der Waals surface area contributed by atoms with Gasteiger partial charge in [-0.3, -0.25) is 0 Å². The van der Waals surface area contributed by atoms with Crippen molar-refractivity contribution < 1.29 is 22.3 Å². The molecule has 0 saturated carbocycles. The highest BCUT2D eigenvalue weighted by atomic mass is 32.2. The Kier molecular flexibility index (Phi) is 6.39. The van der Waals surface area contributed by atoms with Crippen molar-refractivity contribution in [1.82, 2.24) is 9.03 Å². The average Bonchev–Trinajstić information content (AvgIpc) is 2.95. The molecule has 0 aliphatic carbocycles. The second-order valence-corrected chi connectivity index (χ2v) is 7.21. The highest BCUT2D eigenvalue weighted by Gasteiger charge is 2.30. The molecular formula is C14H24N2O5S. The van der Waals surface area contributed by atoms with E-state index in [0.29, 0.717) is 39.3 Å². The second-order valence-electron chi connectivity index (χ2n) is 5.46. The normalized spacial score (nSPS) is 23.7. The van der Waals surface area contributed by atoms with Gasteiger partial charge in [-0.25, -0.2) is 4.72 Å². The summed E-state index contributed by atoms with van der Waals surface area (Å²) >= 11 is 0. The van der Waals surface area contributed by atoms with Crippen LogP contribution in [0.25, 0.3) is 0 Å². The Labute approximate surface area is 131 Å². The maximum Gasteiger partial charge on any atom is 0.279 e. The number of nitrogens with one attached hydrogen (secondary N) is 1. The molecule has 8 heteroatoms. The van der Waals surface area contributed by atoms with Gasteiger partial charge in [-0.1, -0.05) is 0 Å². The first kappa shape index (κ1) is 17.4.